The Morgan fingerprint density at radius 2 is 2.35 bits per heavy atom. The number of nitrogens with zero attached hydrogens (tertiary/aromatic N) is 1. The molecule has 0 radical (unpaired) electrons. The molecule has 8 heteroatoms. The van der Waals surface area contributed by atoms with Crippen LogP contribution in [0, 0.1) is 0 Å². The molecular weight excluding hydrogens is 284 g/mol. The van der Waals surface area contributed by atoms with Gasteiger partial charge in [-0.25, -0.2) is 4.79 Å². The molecule has 0 aromatic carbocycles. The molecule has 0 aromatic heterocycles. The number of carbonyl (C=O) groups excluding carboxylic acids is 2. The van der Waals surface area contributed by atoms with Gasteiger partial charge in [-0.15, -0.1) is 11.8 Å². The number of thioether (sulfide) groups is 1. The fourth-order valence-corrected chi connectivity index (χ4v) is 4.04. The first-order valence-electron chi connectivity index (χ1n) is 6.07. The van der Waals surface area contributed by atoms with Crippen LogP contribution in [0.5, 0.6) is 0 Å². The Balaban J connectivity index is 2.12. The third-order valence-electron chi connectivity index (χ3n) is 3.35. The van der Waals surface area contributed by atoms with Crippen molar-refractivity contribution < 1.29 is 24.2 Å². The molecule has 0 bridgehead atoms. The van der Waals surface area contributed by atoms with Crippen LogP contribution in [0.4, 0.5) is 0 Å². The predicted octanol–water partition coefficient (Wildman–Crippen LogP) is -0.220. The third kappa shape index (κ3) is 2.53. The highest BCUT2D eigenvalue weighted by molar-refractivity contribution is 8.01. The topological polar surface area (TPSA) is 95.9 Å². The summed E-state index contributed by atoms with van der Waals surface area (Å²) >= 11 is 1.39. The maximum atomic E-state index is 11.5. The first kappa shape index (κ1) is 14.9. The summed E-state index contributed by atoms with van der Waals surface area (Å²) in [6, 6.07) is -0.940. The summed E-state index contributed by atoms with van der Waals surface area (Å²) < 4.78 is 3.90. The summed E-state index contributed by atoms with van der Waals surface area (Å²) in [5, 5.41) is 11.7. The van der Waals surface area contributed by atoms with Crippen molar-refractivity contribution in [3.8, 4) is 0 Å². The summed E-state index contributed by atoms with van der Waals surface area (Å²) in [6.07, 6.45) is 3.19. The molecule has 2 fully saturated rings. The zero-order chi connectivity index (χ0) is 14.9. The number of nitrogens with one attached hydrogen (secondary N) is 1. The third-order valence-corrected chi connectivity index (χ3v) is 4.88. The van der Waals surface area contributed by atoms with Gasteiger partial charge in [-0.3, -0.25) is 9.59 Å². The van der Waals surface area contributed by atoms with Gasteiger partial charge in [-0.2, -0.15) is 0 Å². The van der Waals surface area contributed by atoms with Crippen LogP contribution in [0.1, 0.15) is 13.3 Å². The summed E-state index contributed by atoms with van der Waals surface area (Å²) in [4.78, 5) is 35.8. The number of carbonyl (C=O) groups is 3. The van der Waals surface area contributed by atoms with E-state index in [1.165, 1.54) is 29.8 Å². The molecular formula is C12H16N2O5S. The van der Waals surface area contributed by atoms with Gasteiger partial charge in [0, 0.05) is 13.2 Å². The smallest absolute Gasteiger partial charge is 0.328 e. The van der Waals surface area contributed by atoms with Crippen molar-refractivity contribution in [3.05, 3.63) is 12.2 Å². The van der Waals surface area contributed by atoms with E-state index >= 15 is 0 Å². The average Bonchev–Trinajstić information content (AvgIpc) is 2.62. The van der Waals surface area contributed by atoms with Crippen molar-refractivity contribution in [1.82, 2.24) is 10.2 Å². The van der Waals surface area contributed by atoms with Crippen LogP contribution in [0.25, 0.3) is 0 Å². The monoisotopic (exact) mass is 300 g/mol. The second-order valence-corrected chi connectivity index (χ2v) is 6.47. The Morgan fingerprint density at radius 1 is 1.65 bits per heavy atom. The number of rotatable bonds is 5. The van der Waals surface area contributed by atoms with E-state index in [0.29, 0.717) is 6.42 Å². The van der Waals surface area contributed by atoms with Crippen molar-refractivity contribution in [2.75, 3.05) is 13.8 Å². The molecule has 20 heavy (non-hydrogen) atoms. The first-order valence-corrected chi connectivity index (χ1v) is 6.95. The molecule has 2 aliphatic rings. The van der Waals surface area contributed by atoms with Gasteiger partial charge in [0.25, 0.3) is 0 Å². The van der Waals surface area contributed by atoms with Crippen LogP contribution in [0.3, 0.4) is 0 Å². The molecule has 0 aliphatic carbocycles. The number of β-lactam (4-membered cyclic amide) rings is 1. The molecule has 2 heterocycles. The highest BCUT2D eigenvalue weighted by atomic mass is 32.2. The van der Waals surface area contributed by atoms with E-state index in [1.54, 1.807) is 13.0 Å². The minimum Gasteiger partial charge on any atom is -0.480 e. The van der Waals surface area contributed by atoms with Crippen LogP contribution in [-0.2, 0) is 19.1 Å². The second-order valence-electron chi connectivity index (χ2n) is 4.81. The number of methoxy groups -OCH3 is 1. The van der Waals surface area contributed by atoms with Gasteiger partial charge < -0.3 is 20.1 Å². The molecule has 0 spiro atoms. The fourth-order valence-electron chi connectivity index (χ4n) is 2.38. The molecule has 2 amide bonds. The fraction of sp³-hybridized carbons (Fsp3) is 0.583. The van der Waals surface area contributed by atoms with E-state index in [4.69, 9.17) is 4.74 Å². The van der Waals surface area contributed by atoms with E-state index in [1.807, 2.05) is 0 Å². The van der Waals surface area contributed by atoms with E-state index in [-0.39, 0.29) is 23.9 Å². The first-order chi connectivity index (χ1) is 9.39. The molecule has 110 valence electrons. The minimum absolute atomic E-state index is 0.0859. The number of hydrogen-bond donors (Lipinski definition) is 2. The molecule has 2 N–H and O–H groups in total. The lowest BCUT2D eigenvalue weighted by atomic mass is 9.96. The second kappa shape index (κ2) is 5.45. The van der Waals surface area contributed by atoms with Crippen LogP contribution >= 0.6 is 11.8 Å². The van der Waals surface area contributed by atoms with E-state index in [0.717, 1.165) is 0 Å². The van der Waals surface area contributed by atoms with Crippen molar-refractivity contribution in [2.24, 2.45) is 0 Å². The van der Waals surface area contributed by atoms with Crippen molar-refractivity contribution in [3.63, 3.8) is 0 Å². The molecule has 2 aliphatic heterocycles. The molecule has 3 atom stereocenters. The van der Waals surface area contributed by atoms with E-state index in [2.05, 4.69) is 5.32 Å². The summed E-state index contributed by atoms with van der Waals surface area (Å²) in [5.74, 6) is -1.58. The maximum absolute atomic E-state index is 11.5. The molecule has 2 rings (SSSR count). The number of carboxylic acid groups (broad SMARTS) is 1. The largest absolute Gasteiger partial charge is 0.480 e. The Labute approximate surface area is 120 Å². The lowest BCUT2D eigenvalue weighted by molar-refractivity contribution is -0.156. The normalized spacial score (nSPS) is 32.1. The van der Waals surface area contributed by atoms with Crippen LogP contribution in [-0.4, -0.2) is 57.8 Å². The SMILES string of the molecule is COCNC(=O)/C=C/[C@]1(C)S[C@@H]2CC(=O)N2[C@H]1C(=O)O. The van der Waals surface area contributed by atoms with Gasteiger partial charge in [0.05, 0.1) is 16.5 Å². The Kier molecular flexibility index (Phi) is 4.05. The van der Waals surface area contributed by atoms with Gasteiger partial charge in [0.1, 0.15) is 12.8 Å². The van der Waals surface area contributed by atoms with Crippen molar-refractivity contribution in [1.29, 1.82) is 0 Å². The lowest BCUT2D eigenvalue weighted by Crippen LogP contribution is -2.57. The standard InChI is InChI=1S/C12H16N2O5S/c1-12(4-3-7(15)13-6-19-2)10(11(17)18)14-8(16)5-9(14)20-12/h3-4,9-10H,5-6H2,1-2H3,(H,13,15)(H,17,18)/b4-3+/t9-,10+,12+/m1/s1. The van der Waals surface area contributed by atoms with Crippen molar-refractivity contribution in [2.45, 2.75) is 29.5 Å². The lowest BCUT2D eigenvalue weighted by Gasteiger charge is -2.36. The van der Waals surface area contributed by atoms with Crippen molar-refractivity contribution >= 4 is 29.5 Å². The number of aliphatic carboxylic acids is 1. The summed E-state index contributed by atoms with van der Waals surface area (Å²) in [5.41, 5.74) is 0. The summed E-state index contributed by atoms with van der Waals surface area (Å²) in [6.45, 7) is 1.81. The minimum atomic E-state index is -1.06. The number of amides is 2. The number of carboxylic acids is 1. The number of hydrogen-bond acceptors (Lipinski definition) is 5. The molecule has 0 unspecified atom stereocenters. The molecule has 0 saturated carbocycles. The van der Waals surface area contributed by atoms with Crippen LogP contribution in [0.15, 0.2) is 12.2 Å². The van der Waals surface area contributed by atoms with Gasteiger partial charge in [-0.1, -0.05) is 6.08 Å². The Bertz CT molecular complexity index is 480. The zero-order valence-corrected chi connectivity index (χ0v) is 12.0. The summed E-state index contributed by atoms with van der Waals surface area (Å²) in [7, 11) is 1.45. The molecule has 2 saturated heterocycles. The molecule has 0 aromatic rings. The molecule has 7 nitrogen and oxygen atoms in total. The number of ether oxygens (including phenoxy) is 1. The number of fused-ring (bicyclic) bond motifs is 1. The Hall–Kier alpha value is -1.54. The quantitative estimate of drug-likeness (QED) is 0.414. The highest BCUT2D eigenvalue weighted by Gasteiger charge is 2.59. The van der Waals surface area contributed by atoms with Gasteiger partial charge >= 0.3 is 5.97 Å². The van der Waals surface area contributed by atoms with E-state index < -0.39 is 16.8 Å². The van der Waals surface area contributed by atoms with Gasteiger partial charge in [-0.05, 0) is 6.92 Å². The zero-order valence-electron chi connectivity index (χ0n) is 11.2. The predicted molar refractivity (Wildman–Crippen MR) is 71.8 cm³/mol. The Morgan fingerprint density at radius 3 is 2.90 bits per heavy atom. The van der Waals surface area contributed by atoms with Gasteiger partial charge in [0.15, 0.2) is 0 Å². The van der Waals surface area contributed by atoms with Crippen LogP contribution in [0.2, 0.25) is 0 Å². The average molecular weight is 300 g/mol. The van der Waals surface area contributed by atoms with E-state index in [9.17, 15) is 19.5 Å². The highest BCUT2D eigenvalue weighted by Crippen LogP contribution is 2.51. The van der Waals surface area contributed by atoms with Gasteiger partial charge in [0.2, 0.25) is 11.8 Å². The maximum Gasteiger partial charge on any atom is 0.328 e. The van der Waals surface area contributed by atoms with Crippen LogP contribution < -0.4 is 5.32 Å².